The van der Waals surface area contributed by atoms with E-state index in [0.29, 0.717) is 10.8 Å². The summed E-state index contributed by atoms with van der Waals surface area (Å²) in [5.74, 6) is 0.163. The van der Waals surface area contributed by atoms with Crippen molar-refractivity contribution < 1.29 is 14.0 Å². The summed E-state index contributed by atoms with van der Waals surface area (Å²) >= 11 is 1.41. The van der Waals surface area contributed by atoms with Crippen LogP contribution >= 0.6 is 11.3 Å². The van der Waals surface area contributed by atoms with Crippen LogP contribution in [0, 0.1) is 5.92 Å². The topological polar surface area (TPSA) is 46.6 Å². The Morgan fingerprint density at radius 1 is 1.19 bits per heavy atom. The number of carbonyl (C=O) groups is 2. The normalized spacial score (nSPS) is 24.6. The molecular weight excluding hydrogens is 362 g/mol. The largest absolute Gasteiger partial charge is 0.403 e. The highest BCUT2D eigenvalue weighted by molar-refractivity contribution is 7.12. The van der Waals surface area contributed by atoms with Crippen LogP contribution in [-0.2, 0) is 9.22 Å². The van der Waals surface area contributed by atoms with E-state index in [1.807, 2.05) is 17.5 Å². The van der Waals surface area contributed by atoms with Gasteiger partial charge in [-0.15, -0.1) is 11.3 Å². The quantitative estimate of drug-likeness (QED) is 0.369. The Kier molecular flexibility index (Phi) is 6.36. The van der Waals surface area contributed by atoms with Crippen LogP contribution in [-0.4, -0.2) is 37.2 Å². The van der Waals surface area contributed by atoms with Gasteiger partial charge in [0.15, 0.2) is 8.32 Å². The molecule has 0 spiro atoms. The predicted molar refractivity (Wildman–Crippen MR) is 108 cm³/mol. The second kappa shape index (κ2) is 8.36. The van der Waals surface area contributed by atoms with Crippen molar-refractivity contribution in [2.75, 3.05) is 0 Å². The van der Waals surface area contributed by atoms with Gasteiger partial charge in [0.1, 0.15) is 6.10 Å². The molecule has 1 aromatic rings. The Morgan fingerprint density at radius 2 is 1.85 bits per heavy atom. The summed E-state index contributed by atoms with van der Waals surface area (Å²) in [5, 5.41) is 1.89. The van der Waals surface area contributed by atoms with Crippen molar-refractivity contribution in [3.05, 3.63) is 22.4 Å². The summed E-state index contributed by atoms with van der Waals surface area (Å²) in [5.41, 5.74) is 0. The molecule has 1 saturated carbocycles. The maximum absolute atomic E-state index is 13.0. The molecule has 3 rings (SSSR count). The Bertz CT molecular complexity index is 615. The second-order valence-corrected chi connectivity index (χ2v) is 13.3. The molecule has 4 nitrogen and oxygen atoms in total. The minimum Gasteiger partial charge on any atom is -0.403 e. The summed E-state index contributed by atoms with van der Waals surface area (Å²) < 4.78 is 6.60. The van der Waals surface area contributed by atoms with E-state index in [-0.39, 0.29) is 17.9 Å². The zero-order valence-electron chi connectivity index (χ0n) is 16.2. The van der Waals surface area contributed by atoms with Crippen LogP contribution in [0.25, 0.3) is 0 Å². The molecule has 0 radical (unpaired) electrons. The van der Waals surface area contributed by atoms with Gasteiger partial charge in [-0.25, -0.2) is 0 Å². The van der Waals surface area contributed by atoms with Gasteiger partial charge in [0.25, 0.3) is 11.8 Å². The van der Waals surface area contributed by atoms with Crippen molar-refractivity contribution in [3.8, 4) is 0 Å². The summed E-state index contributed by atoms with van der Waals surface area (Å²) in [6.07, 6.45) is 5.46. The number of likely N-dealkylation sites (tertiary alicyclic amines) is 1. The number of β-lactam (4-membered cyclic amide) rings is 1. The molecule has 26 heavy (non-hydrogen) atoms. The summed E-state index contributed by atoms with van der Waals surface area (Å²) in [6, 6.07) is 6.71. The predicted octanol–water partition coefficient (Wildman–Crippen LogP) is 5.07. The molecule has 2 unspecified atom stereocenters. The highest BCUT2D eigenvalue weighted by Gasteiger charge is 2.56. The zero-order valence-corrected chi connectivity index (χ0v) is 18.0. The third-order valence-corrected chi connectivity index (χ3v) is 12.0. The number of imide groups is 1. The van der Waals surface area contributed by atoms with Gasteiger partial charge in [-0.2, -0.15) is 0 Å². The van der Waals surface area contributed by atoms with Crippen LogP contribution in [0.15, 0.2) is 17.5 Å². The molecule has 2 atom stereocenters. The van der Waals surface area contributed by atoms with Crippen LogP contribution < -0.4 is 0 Å². The van der Waals surface area contributed by atoms with Crippen molar-refractivity contribution in [1.82, 2.24) is 4.90 Å². The number of hydrogen-bond acceptors (Lipinski definition) is 4. The minimum absolute atomic E-state index is 0.0612. The van der Waals surface area contributed by atoms with E-state index in [9.17, 15) is 9.59 Å². The molecule has 144 valence electrons. The van der Waals surface area contributed by atoms with Gasteiger partial charge >= 0.3 is 0 Å². The molecule has 2 heterocycles. The summed E-state index contributed by atoms with van der Waals surface area (Å²) in [7, 11) is -1.88. The lowest BCUT2D eigenvalue weighted by Gasteiger charge is -2.52. The third-order valence-electron chi connectivity index (χ3n) is 6.48. The molecule has 1 saturated heterocycles. The molecule has 0 bridgehead atoms. The lowest BCUT2D eigenvalue weighted by atomic mass is 9.77. The fourth-order valence-corrected chi connectivity index (χ4v) is 8.00. The molecule has 0 N–H and O–H groups in total. The molecule has 2 amide bonds. The van der Waals surface area contributed by atoms with Gasteiger partial charge in [0.2, 0.25) is 0 Å². The molecular formula is C20H31NO3SSi. The first-order valence-electron chi connectivity index (χ1n) is 10.2. The second-order valence-electron chi connectivity index (χ2n) is 7.66. The Labute approximate surface area is 162 Å². The van der Waals surface area contributed by atoms with E-state index < -0.39 is 14.4 Å². The Morgan fingerprint density at radius 3 is 2.38 bits per heavy atom. The van der Waals surface area contributed by atoms with E-state index in [2.05, 4.69) is 20.8 Å². The van der Waals surface area contributed by atoms with Crippen LogP contribution in [0.5, 0.6) is 0 Å². The molecule has 0 aromatic carbocycles. The average Bonchev–Trinajstić information content (AvgIpc) is 3.22. The van der Waals surface area contributed by atoms with Crippen LogP contribution in [0.1, 0.15) is 62.5 Å². The molecule has 2 aliphatic rings. The number of carbonyl (C=O) groups excluding carboxylic acids is 2. The van der Waals surface area contributed by atoms with Gasteiger partial charge in [-0.05, 0) is 48.3 Å². The highest BCUT2D eigenvalue weighted by Crippen LogP contribution is 2.40. The third kappa shape index (κ3) is 3.56. The van der Waals surface area contributed by atoms with E-state index in [1.165, 1.54) is 35.5 Å². The smallest absolute Gasteiger partial charge is 0.270 e. The van der Waals surface area contributed by atoms with Gasteiger partial charge in [-0.1, -0.05) is 46.1 Å². The maximum atomic E-state index is 13.0. The van der Waals surface area contributed by atoms with Crippen molar-refractivity contribution >= 4 is 31.5 Å². The van der Waals surface area contributed by atoms with Gasteiger partial charge < -0.3 is 4.43 Å². The average molecular weight is 394 g/mol. The van der Waals surface area contributed by atoms with Crippen LogP contribution in [0.3, 0.4) is 0 Å². The van der Waals surface area contributed by atoms with Gasteiger partial charge in [0, 0.05) is 0 Å². The Balaban J connectivity index is 1.84. The molecule has 2 fully saturated rings. The molecule has 1 aliphatic carbocycles. The first kappa shape index (κ1) is 19.8. The fraction of sp³-hybridized carbons (Fsp3) is 0.700. The van der Waals surface area contributed by atoms with Crippen molar-refractivity contribution in [1.29, 1.82) is 0 Å². The first-order chi connectivity index (χ1) is 12.6. The summed E-state index contributed by atoms with van der Waals surface area (Å²) in [6.45, 7) is 6.56. The lowest BCUT2D eigenvalue weighted by Crippen LogP contribution is -2.71. The van der Waals surface area contributed by atoms with E-state index in [0.717, 1.165) is 31.0 Å². The van der Waals surface area contributed by atoms with Crippen LogP contribution in [0.4, 0.5) is 0 Å². The lowest BCUT2D eigenvalue weighted by molar-refractivity contribution is -0.163. The van der Waals surface area contributed by atoms with E-state index in [4.69, 9.17) is 4.43 Å². The van der Waals surface area contributed by atoms with Gasteiger partial charge in [0.05, 0.1) is 10.9 Å². The van der Waals surface area contributed by atoms with Crippen molar-refractivity contribution in [3.63, 3.8) is 0 Å². The van der Waals surface area contributed by atoms with E-state index >= 15 is 0 Å². The molecule has 1 aromatic heterocycles. The first-order valence-corrected chi connectivity index (χ1v) is 13.6. The molecule has 1 aliphatic heterocycles. The van der Waals surface area contributed by atoms with Crippen LogP contribution in [0.2, 0.25) is 18.1 Å². The Hall–Kier alpha value is -0.983. The fourth-order valence-electron chi connectivity index (χ4n) is 4.56. The number of rotatable bonds is 7. The standard InChI is InChI=1S/C20H31NO3SSi/c1-4-26(5-2,6-3)24-18-17(15-11-8-7-9-12-15)21(20(18)23)19(22)16-13-10-14-25-16/h10,13-15,17-18H,4-9,11-12H2,1-3H3. The summed E-state index contributed by atoms with van der Waals surface area (Å²) in [4.78, 5) is 28.1. The number of thiophene rings is 1. The number of nitrogens with zero attached hydrogens (tertiary/aromatic N) is 1. The SMILES string of the molecule is CC[Si](CC)(CC)OC1C(=O)N(C(=O)c2cccs2)C1C1CCCCC1. The zero-order chi connectivity index (χ0) is 18.7. The van der Waals surface area contributed by atoms with Crippen molar-refractivity contribution in [2.24, 2.45) is 5.92 Å². The monoisotopic (exact) mass is 393 g/mol. The molecule has 6 heteroatoms. The maximum Gasteiger partial charge on any atom is 0.270 e. The number of amides is 2. The highest BCUT2D eigenvalue weighted by atomic mass is 32.1. The minimum atomic E-state index is -1.88. The van der Waals surface area contributed by atoms with Crippen molar-refractivity contribution in [2.45, 2.75) is 83.2 Å². The number of hydrogen-bond donors (Lipinski definition) is 0. The van der Waals surface area contributed by atoms with E-state index in [1.54, 1.807) is 0 Å². The van der Waals surface area contributed by atoms with Gasteiger partial charge in [-0.3, -0.25) is 14.5 Å².